The van der Waals surface area contributed by atoms with Crippen molar-refractivity contribution < 1.29 is 9.15 Å². The number of pyridine rings is 1. The molecular weight excluding hydrogens is 395 g/mol. The number of guanidine groups is 1. The van der Waals surface area contributed by atoms with Crippen LogP contribution in [0.3, 0.4) is 0 Å². The van der Waals surface area contributed by atoms with E-state index in [9.17, 15) is 0 Å². The number of rotatable bonds is 6. The van der Waals surface area contributed by atoms with Gasteiger partial charge in [-0.1, -0.05) is 6.07 Å². The fourth-order valence-corrected chi connectivity index (χ4v) is 1.72. The summed E-state index contributed by atoms with van der Waals surface area (Å²) >= 11 is 0. The summed E-state index contributed by atoms with van der Waals surface area (Å²) in [5, 5.41) is 6.41. The zero-order valence-corrected chi connectivity index (χ0v) is 15.0. The molecule has 120 valence electrons. The molecular formula is C15H21IN4O2. The Morgan fingerprint density at radius 3 is 2.77 bits per heavy atom. The van der Waals surface area contributed by atoms with Gasteiger partial charge in [0.05, 0.1) is 26.5 Å². The van der Waals surface area contributed by atoms with E-state index in [1.807, 2.05) is 31.2 Å². The molecule has 0 aliphatic heterocycles. The highest BCUT2D eigenvalue weighted by molar-refractivity contribution is 14.0. The van der Waals surface area contributed by atoms with Gasteiger partial charge in [0.2, 0.25) is 5.88 Å². The number of furan rings is 1. The Labute approximate surface area is 147 Å². The van der Waals surface area contributed by atoms with Gasteiger partial charge in [-0.3, -0.25) is 0 Å². The van der Waals surface area contributed by atoms with E-state index < -0.39 is 0 Å². The molecule has 0 saturated carbocycles. The van der Waals surface area contributed by atoms with Gasteiger partial charge in [0.15, 0.2) is 5.96 Å². The standard InChI is InChI=1S/C15H20N4O2.HI/c1-3-16-15(19-11-13-5-4-8-21-13)18-10-12-6-7-14(20-2)17-9-12;/h4-9H,3,10-11H2,1-2H3,(H2,16,18,19);1H. The van der Waals surface area contributed by atoms with Crippen LogP contribution in [0.4, 0.5) is 0 Å². The van der Waals surface area contributed by atoms with Gasteiger partial charge in [-0.15, -0.1) is 24.0 Å². The maximum Gasteiger partial charge on any atom is 0.212 e. The molecule has 7 heteroatoms. The van der Waals surface area contributed by atoms with Crippen molar-refractivity contribution in [3.05, 3.63) is 48.0 Å². The van der Waals surface area contributed by atoms with E-state index in [-0.39, 0.29) is 24.0 Å². The summed E-state index contributed by atoms with van der Waals surface area (Å²) in [6.07, 6.45) is 3.42. The molecule has 0 aromatic carbocycles. The number of aliphatic imine (C=N–C) groups is 1. The Hall–Kier alpha value is -1.77. The topological polar surface area (TPSA) is 71.7 Å². The first kappa shape index (κ1) is 18.3. The maximum absolute atomic E-state index is 5.28. The molecule has 0 saturated heterocycles. The molecule has 2 heterocycles. The highest BCUT2D eigenvalue weighted by Crippen LogP contribution is 2.07. The minimum Gasteiger partial charge on any atom is -0.481 e. The summed E-state index contributed by atoms with van der Waals surface area (Å²) in [6.45, 7) is 3.97. The van der Waals surface area contributed by atoms with E-state index >= 15 is 0 Å². The maximum atomic E-state index is 5.28. The minimum absolute atomic E-state index is 0. The lowest BCUT2D eigenvalue weighted by Gasteiger charge is -2.10. The molecule has 0 bridgehead atoms. The molecule has 22 heavy (non-hydrogen) atoms. The number of methoxy groups -OCH3 is 1. The van der Waals surface area contributed by atoms with Gasteiger partial charge in [-0.05, 0) is 24.6 Å². The molecule has 0 spiro atoms. The van der Waals surface area contributed by atoms with Crippen LogP contribution in [0.25, 0.3) is 0 Å². The molecule has 0 fully saturated rings. The molecule has 0 amide bonds. The van der Waals surface area contributed by atoms with Crippen molar-refractivity contribution in [1.82, 2.24) is 15.6 Å². The van der Waals surface area contributed by atoms with E-state index in [1.165, 1.54) is 0 Å². The molecule has 2 N–H and O–H groups in total. The molecule has 0 atom stereocenters. The number of hydrogen-bond acceptors (Lipinski definition) is 4. The Kier molecular flexibility index (Phi) is 8.34. The Morgan fingerprint density at radius 2 is 2.18 bits per heavy atom. The van der Waals surface area contributed by atoms with Gasteiger partial charge in [0, 0.05) is 18.8 Å². The van der Waals surface area contributed by atoms with Crippen LogP contribution in [0.5, 0.6) is 5.88 Å². The molecule has 2 aromatic rings. The normalized spacial score (nSPS) is 10.7. The Bertz CT molecular complexity index is 555. The largest absolute Gasteiger partial charge is 0.481 e. The average Bonchev–Trinajstić information content (AvgIpc) is 3.04. The summed E-state index contributed by atoms with van der Waals surface area (Å²) in [7, 11) is 1.60. The van der Waals surface area contributed by atoms with Gasteiger partial charge in [0.25, 0.3) is 0 Å². The second-order valence-corrected chi connectivity index (χ2v) is 4.34. The number of ether oxygens (including phenoxy) is 1. The second kappa shape index (κ2) is 10.0. The van der Waals surface area contributed by atoms with Crippen molar-refractivity contribution >= 4 is 29.9 Å². The van der Waals surface area contributed by atoms with Crippen molar-refractivity contribution in [2.45, 2.75) is 20.0 Å². The van der Waals surface area contributed by atoms with Crippen molar-refractivity contribution in [3.8, 4) is 5.88 Å². The molecule has 0 aliphatic rings. The van der Waals surface area contributed by atoms with Gasteiger partial charge in [-0.25, -0.2) is 9.98 Å². The monoisotopic (exact) mass is 416 g/mol. The Balaban J connectivity index is 0.00000242. The molecule has 0 aliphatic carbocycles. The number of nitrogens with zero attached hydrogens (tertiary/aromatic N) is 2. The van der Waals surface area contributed by atoms with Gasteiger partial charge >= 0.3 is 0 Å². The summed E-state index contributed by atoms with van der Waals surface area (Å²) in [5.74, 6) is 2.21. The summed E-state index contributed by atoms with van der Waals surface area (Å²) in [6, 6.07) is 7.56. The summed E-state index contributed by atoms with van der Waals surface area (Å²) in [5.41, 5.74) is 1.02. The molecule has 0 unspecified atom stereocenters. The SMILES string of the molecule is CCNC(=NCc1ccc(OC)nc1)NCc1ccco1.I. The zero-order chi connectivity index (χ0) is 14.9. The van der Waals surface area contributed by atoms with Crippen LogP contribution in [-0.4, -0.2) is 24.6 Å². The van der Waals surface area contributed by atoms with Gasteiger partial charge in [-0.2, -0.15) is 0 Å². The number of halogens is 1. The second-order valence-electron chi connectivity index (χ2n) is 4.34. The number of nitrogens with one attached hydrogen (secondary N) is 2. The fraction of sp³-hybridized carbons (Fsp3) is 0.333. The average molecular weight is 416 g/mol. The minimum atomic E-state index is 0. The van der Waals surface area contributed by atoms with E-state index in [2.05, 4.69) is 20.6 Å². The van der Waals surface area contributed by atoms with Crippen LogP contribution in [0.2, 0.25) is 0 Å². The van der Waals surface area contributed by atoms with Crippen LogP contribution >= 0.6 is 24.0 Å². The number of aromatic nitrogens is 1. The van der Waals surface area contributed by atoms with E-state index in [1.54, 1.807) is 19.6 Å². The van der Waals surface area contributed by atoms with Crippen LogP contribution in [-0.2, 0) is 13.1 Å². The van der Waals surface area contributed by atoms with E-state index in [4.69, 9.17) is 9.15 Å². The van der Waals surface area contributed by atoms with Crippen LogP contribution in [0.1, 0.15) is 18.2 Å². The molecule has 2 rings (SSSR count). The third-order valence-electron chi connectivity index (χ3n) is 2.78. The smallest absolute Gasteiger partial charge is 0.212 e. The predicted octanol–water partition coefficient (Wildman–Crippen LogP) is 2.56. The first-order valence-electron chi connectivity index (χ1n) is 6.85. The lowest BCUT2D eigenvalue weighted by molar-refractivity contribution is 0.397. The third kappa shape index (κ3) is 5.92. The third-order valence-corrected chi connectivity index (χ3v) is 2.78. The molecule has 0 radical (unpaired) electrons. The van der Waals surface area contributed by atoms with Crippen LogP contribution < -0.4 is 15.4 Å². The van der Waals surface area contributed by atoms with Gasteiger partial charge < -0.3 is 19.8 Å². The zero-order valence-electron chi connectivity index (χ0n) is 12.7. The predicted molar refractivity (Wildman–Crippen MR) is 96.6 cm³/mol. The van der Waals surface area contributed by atoms with Crippen molar-refractivity contribution in [2.75, 3.05) is 13.7 Å². The molecule has 2 aromatic heterocycles. The first-order valence-corrected chi connectivity index (χ1v) is 6.85. The van der Waals surface area contributed by atoms with Crippen molar-refractivity contribution in [1.29, 1.82) is 0 Å². The molecule has 6 nitrogen and oxygen atoms in total. The number of hydrogen-bond donors (Lipinski definition) is 2. The van der Waals surface area contributed by atoms with Gasteiger partial charge in [0.1, 0.15) is 5.76 Å². The first-order chi connectivity index (χ1) is 10.3. The van der Waals surface area contributed by atoms with Crippen molar-refractivity contribution in [2.24, 2.45) is 4.99 Å². The van der Waals surface area contributed by atoms with Crippen molar-refractivity contribution in [3.63, 3.8) is 0 Å². The lowest BCUT2D eigenvalue weighted by Crippen LogP contribution is -2.36. The highest BCUT2D eigenvalue weighted by Gasteiger charge is 2.00. The fourth-order valence-electron chi connectivity index (χ4n) is 1.72. The van der Waals surface area contributed by atoms with Crippen LogP contribution in [0, 0.1) is 0 Å². The van der Waals surface area contributed by atoms with E-state index in [0.29, 0.717) is 19.0 Å². The highest BCUT2D eigenvalue weighted by atomic mass is 127. The summed E-state index contributed by atoms with van der Waals surface area (Å²) < 4.78 is 10.3. The Morgan fingerprint density at radius 1 is 1.32 bits per heavy atom. The van der Waals surface area contributed by atoms with Crippen LogP contribution in [0.15, 0.2) is 46.1 Å². The quantitative estimate of drug-likeness (QED) is 0.430. The van der Waals surface area contributed by atoms with E-state index in [0.717, 1.165) is 23.8 Å². The summed E-state index contributed by atoms with van der Waals surface area (Å²) in [4.78, 5) is 8.67. The lowest BCUT2D eigenvalue weighted by atomic mass is 10.3.